The van der Waals surface area contributed by atoms with Crippen molar-refractivity contribution in [1.82, 2.24) is 29.6 Å². The molecule has 0 spiro atoms. The summed E-state index contributed by atoms with van der Waals surface area (Å²) in [5, 5.41) is 5.85. The normalized spacial score (nSPS) is 17.9. The Hall–Kier alpha value is -3.23. The Kier molecular flexibility index (Phi) is 6.00. The third-order valence-electron chi connectivity index (χ3n) is 7.52. The maximum absolute atomic E-state index is 5.49. The van der Waals surface area contributed by atoms with Gasteiger partial charge in [-0.25, -0.2) is 9.97 Å². The zero-order chi connectivity index (χ0) is 23.8. The first-order valence-electron chi connectivity index (χ1n) is 12.7. The number of morpholine rings is 1. The number of hydrogen-bond donors (Lipinski definition) is 1. The third kappa shape index (κ3) is 4.32. The number of pyridine rings is 2. The number of anilines is 1. The van der Waals surface area contributed by atoms with Crippen LogP contribution in [0.3, 0.4) is 0 Å². The SMILES string of the molecule is CCN1CCC(n2cc(-c3c[nH]c4ncc(-c5cnc(N6CCOCC6)c(C)c5)cc34)cn2)CC1. The van der Waals surface area contributed by atoms with Crippen LogP contribution in [0, 0.1) is 6.92 Å². The maximum atomic E-state index is 5.49. The highest BCUT2D eigenvalue weighted by Crippen LogP contribution is 2.33. The van der Waals surface area contributed by atoms with Crippen molar-refractivity contribution in [2.24, 2.45) is 0 Å². The second kappa shape index (κ2) is 9.43. The topological polar surface area (TPSA) is 75.1 Å². The number of ether oxygens (including phenoxy) is 1. The first kappa shape index (κ1) is 22.2. The van der Waals surface area contributed by atoms with Gasteiger partial charge in [0.15, 0.2) is 0 Å². The Morgan fingerprint density at radius 1 is 0.971 bits per heavy atom. The van der Waals surface area contributed by atoms with Gasteiger partial charge in [0.1, 0.15) is 11.5 Å². The van der Waals surface area contributed by atoms with Gasteiger partial charge in [0.2, 0.25) is 0 Å². The average molecular weight is 472 g/mol. The average Bonchev–Trinajstić information content (AvgIpc) is 3.56. The quantitative estimate of drug-likeness (QED) is 0.468. The van der Waals surface area contributed by atoms with E-state index in [4.69, 9.17) is 19.8 Å². The Morgan fingerprint density at radius 3 is 2.51 bits per heavy atom. The summed E-state index contributed by atoms with van der Waals surface area (Å²) < 4.78 is 7.65. The number of fused-ring (bicyclic) bond motifs is 1. The summed E-state index contributed by atoms with van der Waals surface area (Å²) in [7, 11) is 0. The van der Waals surface area contributed by atoms with Crippen molar-refractivity contribution >= 4 is 16.9 Å². The Bertz CT molecular complexity index is 1310. The first-order valence-corrected chi connectivity index (χ1v) is 12.7. The lowest BCUT2D eigenvalue weighted by Crippen LogP contribution is -2.37. The number of rotatable bonds is 5. The highest BCUT2D eigenvalue weighted by atomic mass is 16.5. The van der Waals surface area contributed by atoms with Gasteiger partial charge in [-0.05, 0) is 44.0 Å². The van der Waals surface area contributed by atoms with Gasteiger partial charge in [0, 0.05) is 78.6 Å². The van der Waals surface area contributed by atoms with Gasteiger partial charge in [-0.15, -0.1) is 0 Å². The fourth-order valence-corrected chi connectivity index (χ4v) is 5.41. The Balaban J connectivity index is 1.27. The van der Waals surface area contributed by atoms with E-state index in [1.165, 1.54) is 5.56 Å². The zero-order valence-electron chi connectivity index (χ0n) is 20.6. The highest BCUT2D eigenvalue weighted by Gasteiger charge is 2.21. The van der Waals surface area contributed by atoms with E-state index in [9.17, 15) is 0 Å². The lowest BCUT2D eigenvalue weighted by molar-refractivity contribution is 0.122. The second-order valence-corrected chi connectivity index (χ2v) is 9.66. The first-order chi connectivity index (χ1) is 17.2. The van der Waals surface area contributed by atoms with Crippen molar-refractivity contribution in [3.8, 4) is 22.3 Å². The molecule has 2 aliphatic heterocycles. The minimum absolute atomic E-state index is 0.476. The van der Waals surface area contributed by atoms with Gasteiger partial charge in [-0.2, -0.15) is 5.10 Å². The molecule has 0 aliphatic carbocycles. The Morgan fingerprint density at radius 2 is 1.74 bits per heavy atom. The largest absolute Gasteiger partial charge is 0.378 e. The van der Waals surface area contributed by atoms with Crippen molar-refractivity contribution in [2.75, 3.05) is 50.8 Å². The molecule has 4 aromatic heterocycles. The molecule has 0 radical (unpaired) electrons. The molecular formula is C27H33N7O. The lowest BCUT2D eigenvalue weighted by Gasteiger charge is -2.31. The van der Waals surface area contributed by atoms with Gasteiger partial charge < -0.3 is 19.5 Å². The molecule has 2 aliphatic rings. The summed E-state index contributed by atoms with van der Waals surface area (Å²) in [6, 6.07) is 4.91. The fraction of sp³-hybridized carbons (Fsp3) is 0.444. The molecule has 0 aromatic carbocycles. The van der Waals surface area contributed by atoms with E-state index in [1.54, 1.807) is 0 Å². The van der Waals surface area contributed by atoms with Crippen LogP contribution in [0.2, 0.25) is 0 Å². The summed E-state index contributed by atoms with van der Waals surface area (Å²) in [5.41, 5.74) is 6.49. The van der Waals surface area contributed by atoms with Crippen LogP contribution in [-0.4, -0.2) is 75.6 Å². The van der Waals surface area contributed by atoms with Crippen molar-refractivity contribution in [2.45, 2.75) is 32.7 Å². The molecule has 6 rings (SSSR count). The molecule has 35 heavy (non-hydrogen) atoms. The fourth-order valence-electron chi connectivity index (χ4n) is 5.41. The number of piperidine rings is 1. The van der Waals surface area contributed by atoms with Crippen LogP contribution in [0.4, 0.5) is 5.82 Å². The molecule has 182 valence electrons. The zero-order valence-corrected chi connectivity index (χ0v) is 20.6. The van der Waals surface area contributed by atoms with Crippen molar-refractivity contribution < 1.29 is 4.74 Å². The van der Waals surface area contributed by atoms with E-state index >= 15 is 0 Å². The molecule has 2 fully saturated rings. The van der Waals surface area contributed by atoms with Crippen molar-refractivity contribution in [3.63, 3.8) is 0 Å². The standard InChI is InChI=1S/C27H33N7O/c1-3-32-6-4-23(5-7-32)34-18-22(16-31-34)25-17-29-26-24(25)13-21(14-28-26)20-12-19(2)27(30-15-20)33-8-10-35-11-9-33/h12-18,23H,3-11H2,1-2H3,(H,28,29). The monoisotopic (exact) mass is 471 g/mol. The molecule has 2 saturated heterocycles. The van der Waals surface area contributed by atoms with Gasteiger partial charge in [-0.3, -0.25) is 4.68 Å². The van der Waals surface area contributed by atoms with Crippen LogP contribution in [0.1, 0.15) is 31.4 Å². The van der Waals surface area contributed by atoms with E-state index in [2.05, 4.69) is 51.6 Å². The molecule has 0 amide bonds. The third-order valence-corrected chi connectivity index (χ3v) is 7.52. The highest BCUT2D eigenvalue weighted by molar-refractivity contribution is 5.95. The second-order valence-electron chi connectivity index (χ2n) is 9.66. The van der Waals surface area contributed by atoms with Gasteiger partial charge >= 0.3 is 0 Å². The summed E-state index contributed by atoms with van der Waals surface area (Å²) in [5.74, 6) is 1.05. The predicted molar refractivity (Wildman–Crippen MR) is 139 cm³/mol. The van der Waals surface area contributed by atoms with E-state index in [-0.39, 0.29) is 0 Å². The van der Waals surface area contributed by atoms with E-state index < -0.39 is 0 Å². The van der Waals surface area contributed by atoms with Crippen LogP contribution in [0.25, 0.3) is 33.3 Å². The molecule has 1 N–H and O–H groups in total. The van der Waals surface area contributed by atoms with Crippen molar-refractivity contribution in [3.05, 3.63) is 48.7 Å². The number of likely N-dealkylation sites (tertiary alicyclic amines) is 1. The van der Waals surface area contributed by atoms with Crippen LogP contribution in [-0.2, 0) is 4.74 Å². The van der Waals surface area contributed by atoms with Crippen LogP contribution in [0.15, 0.2) is 43.1 Å². The van der Waals surface area contributed by atoms with Crippen LogP contribution >= 0.6 is 0 Å². The number of aromatic nitrogens is 5. The van der Waals surface area contributed by atoms with Crippen molar-refractivity contribution in [1.29, 1.82) is 0 Å². The van der Waals surface area contributed by atoms with E-state index in [0.717, 1.165) is 97.9 Å². The molecule has 8 heteroatoms. The summed E-state index contributed by atoms with van der Waals surface area (Å²) in [4.78, 5) is 17.7. The predicted octanol–water partition coefficient (Wildman–Crippen LogP) is 4.29. The van der Waals surface area contributed by atoms with Crippen LogP contribution in [0.5, 0.6) is 0 Å². The summed E-state index contributed by atoms with van der Waals surface area (Å²) in [6.45, 7) is 11.1. The molecule has 0 saturated carbocycles. The molecule has 8 nitrogen and oxygen atoms in total. The number of H-pyrrole nitrogens is 1. The molecule has 0 atom stereocenters. The van der Waals surface area contributed by atoms with Crippen LogP contribution < -0.4 is 4.90 Å². The molecule has 0 bridgehead atoms. The maximum Gasteiger partial charge on any atom is 0.137 e. The minimum Gasteiger partial charge on any atom is -0.378 e. The lowest BCUT2D eigenvalue weighted by atomic mass is 10.0. The van der Waals surface area contributed by atoms with Gasteiger partial charge in [-0.1, -0.05) is 6.92 Å². The number of nitrogens with one attached hydrogen (secondary N) is 1. The molecular weight excluding hydrogens is 438 g/mol. The minimum atomic E-state index is 0.476. The number of hydrogen-bond acceptors (Lipinski definition) is 6. The number of aryl methyl sites for hydroxylation is 1. The summed E-state index contributed by atoms with van der Waals surface area (Å²) in [6.07, 6.45) is 12.4. The smallest absolute Gasteiger partial charge is 0.137 e. The summed E-state index contributed by atoms with van der Waals surface area (Å²) >= 11 is 0. The number of aromatic amines is 1. The van der Waals surface area contributed by atoms with E-state index in [1.807, 2.05) is 24.8 Å². The molecule has 6 heterocycles. The van der Waals surface area contributed by atoms with Gasteiger partial charge in [0.05, 0.1) is 25.5 Å². The Labute approximate surface area is 205 Å². The molecule has 4 aromatic rings. The number of nitrogens with zero attached hydrogens (tertiary/aromatic N) is 6. The molecule has 0 unspecified atom stereocenters. The van der Waals surface area contributed by atoms with E-state index in [0.29, 0.717) is 6.04 Å². The van der Waals surface area contributed by atoms with Gasteiger partial charge in [0.25, 0.3) is 0 Å².